The van der Waals surface area contributed by atoms with E-state index in [1.807, 2.05) is 36.5 Å². The Morgan fingerprint density at radius 2 is 1.78 bits per heavy atom. The van der Waals surface area contributed by atoms with E-state index in [0.717, 1.165) is 47.3 Å². The Balaban J connectivity index is 1.45. The van der Waals surface area contributed by atoms with Gasteiger partial charge in [-0.2, -0.15) is 0 Å². The topological polar surface area (TPSA) is 42.0 Å². The number of hydrogen-bond donors (Lipinski definition) is 1. The third-order valence-electron chi connectivity index (χ3n) is 5.58. The van der Waals surface area contributed by atoms with Crippen LogP contribution >= 0.6 is 0 Å². The van der Waals surface area contributed by atoms with Crippen LogP contribution in [0.1, 0.15) is 36.6 Å². The van der Waals surface area contributed by atoms with Crippen LogP contribution in [0.2, 0.25) is 0 Å². The molecule has 0 bridgehead atoms. The van der Waals surface area contributed by atoms with Crippen molar-refractivity contribution >= 4 is 11.5 Å². The van der Waals surface area contributed by atoms with Crippen molar-refractivity contribution in [1.29, 1.82) is 0 Å². The minimum atomic E-state index is -0.0206. The summed E-state index contributed by atoms with van der Waals surface area (Å²) in [7, 11) is 0. The summed E-state index contributed by atoms with van der Waals surface area (Å²) in [5, 5.41) is 3.06. The molecular weight excluding hydrogens is 392 g/mol. The molecule has 32 heavy (non-hydrogen) atoms. The first-order chi connectivity index (χ1) is 15.7. The molecule has 3 nitrogen and oxygen atoms in total. The van der Waals surface area contributed by atoms with Crippen LogP contribution in [0.5, 0.6) is 0 Å². The highest BCUT2D eigenvalue weighted by Gasteiger charge is 2.08. The largest absolute Gasteiger partial charge is 0.326 e. The highest BCUT2D eigenvalue weighted by molar-refractivity contribution is 5.81. The van der Waals surface area contributed by atoms with E-state index >= 15 is 0 Å². The fourth-order valence-electron chi connectivity index (χ4n) is 3.81. The number of carbonyl (C=O) groups is 1. The van der Waals surface area contributed by atoms with Crippen molar-refractivity contribution in [2.75, 3.05) is 0 Å². The molecule has 0 unspecified atom stereocenters. The van der Waals surface area contributed by atoms with Crippen LogP contribution in [0.25, 0.3) is 16.7 Å². The number of carbonyl (C=O) groups excluding carboxylic acids is 1. The molecule has 1 heterocycles. The number of rotatable bonds is 6. The molecule has 3 heteroatoms. The second-order valence-electron chi connectivity index (χ2n) is 7.94. The lowest BCUT2D eigenvalue weighted by molar-refractivity contribution is -0.119. The molecule has 1 aliphatic rings. The Bertz CT molecular complexity index is 1160. The molecule has 0 saturated heterocycles. The summed E-state index contributed by atoms with van der Waals surface area (Å²) in [6.45, 7) is 2.10. The smallest absolute Gasteiger partial charge is 0.228 e. The normalized spacial score (nSPS) is 13.5. The summed E-state index contributed by atoms with van der Waals surface area (Å²) >= 11 is 0. The summed E-state index contributed by atoms with van der Waals surface area (Å²) in [4.78, 5) is 17.2. The highest BCUT2D eigenvalue weighted by Crippen LogP contribution is 2.23. The molecule has 1 aromatic heterocycles. The van der Waals surface area contributed by atoms with Crippen molar-refractivity contribution in [2.24, 2.45) is 0 Å². The highest BCUT2D eigenvalue weighted by atomic mass is 16.1. The Hall–Kier alpha value is -3.72. The molecule has 3 aromatic rings. The number of benzene rings is 2. The van der Waals surface area contributed by atoms with Crippen LogP contribution in [0.15, 0.2) is 103 Å². The van der Waals surface area contributed by atoms with Gasteiger partial charge in [0.2, 0.25) is 5.91 Å². The minimum Gasteiger partial charge on any atom is -0.326 e. The van der Waals surface area contributed by atoms with Crippen LogP contribution in [0.4, 0.5) is 0 Å². The molecule has 1 aliphatic carbocycles. The number of hydrogen-bond acceptors (Lipinski definition) is 2. The summed E-state index contributed by atoms with van der Waals surface area (Å²) in [5.74, 6) is -0.0206. The maximum atomic E-state index is 12.7. The van der Waals surface area contributed by atoms with Gasteiger partial charge in [0.1, 0.15) is 0 Å². The number of pyridine rings is 1. The lowest BCUT2D eigenvalue weighted by Crippen LogP contribution is -2.23. The Morgan fingerprint density at radius 3 is 2.56 bits per heavy atom. The van der Waals surface area contributed by atoms with Gasteiger partial charge in [0.05, 0.1) is 6.42 Å². The summed E-state index contributed by atoms with van der Waals surface area (Å²) in [6, 6.07) is 22.6. The van der Waals surface area contributed by atoms with Crippen molar-refractivity contribution in [2.45, 2.75) is 32.6 Å². The molecule has 0 atom stereocenters. The molecule has 0 spiro atoms. The maximum absolute atomic E-state index is 12.7. The third kappa shape index (κ3) is 5.70. The molecule has 4 rings (SSSR count). The number of amides is 1. The van der Waals surface area contributed by atoms with E-state index in [9.17, 15) is 4.79 Å². The number of nitrogens with zero attached hydrogens (tertiary/aromatic N) is 1. The van der Waals surface area contributed by atoms with Gasteiger partial charge >= 0.3 is 0 Å². The van der Waals surface area contributed by atoms with Gasteiger partial charge in [-0.3, -0.25) is 9.78 Å². The van der Waals surface area contributed by atoms with Gasteiger partial charge in [-0.1, -0.05) is 79.7 Å². The fraction of sp³-hybridized carbons (Fsp3) is 0.172. The molecule has 0 fully saturated rings. The fourth-order valence-corrected chi connectivity index (χ4v) is 3.81. The van der Waals surface area contributed by atoms with Gasteiger partial charge < -0.3 is 5.32 Å². The molecule has 2 aromatic carbocycles. The third-order valence-corrected chi connectivity index (χ3v) is 5.58. The number of allylic oxidation sites excluding steroid dienone is 5. The van der Waals surface area contributed by atoms with Gasteiger partial charge in [0.25, 0.3) is 0 Å². The van der Waals surface area contributed by atoms with Gasteiger partial charge in [0, 0.05) is 23.2 Å². The molecule has 1 amide bonds. The molecular formula is C29H28N2O. The van der Waals surface area contributed by atoms with Crippen molar-refractivity contribution in [3.63, 3.8) is 0 Å². The zero-order valence-electron chi connectivity index (χ0n) is 18.4. The van der Waals surface area contributed by atoms with Crippen LogP contribution in [-0.4, -0.2) is 10.9 Å². The van der Waals surface area contributed by atoms with Gasteiger partial charge in [-0.25, -0.2) is 0 Å². The molecule has 0 radical (unpaired) electrons. The van der Waals surface area contributed by atoms with Crippen LogP contribution < -0.4 is 5.32 Å². The van der Waals surface area contributed by atoms with Crippen molar-refractivity contribution in [1.82, 2.24) is 10.3 Å². The number of aryl methyl sites for hydroxylation is 1. The van der Waals surface area contributed by atoms with Crippen molar-refractivity contribution in [3.8, 4) is 11.1 Å². The molecule has 160 valence electrons. The molecule has 0 aliphatic heterocycles. The number of nitrogens with one attached hydrogen (secondary N) is 1. The molecule has 1 N–H and O–H groups in total. The summed E-state index contributed by atoms with van der Waals surface area (Å²) in [5.41, 5.74) is 7.52. The monoisotopic (exact) mass is 420 g/mol. The average molecular weight is 421 g/mol. The lowest BCUT2D eigenvalue weighted by Gasteiger charge is -2.11. The summed E-state index contributed by atoms with van der Waals surface area (Å²) in [6.07, 6.45) is 13.3. The van der Waals surface area contributed by atoms with E-state index in [0.29, 0.717) is 6.42 Å². The van der Waals surface area contributed by atoms with E-state index in [-0.39, 0.29) is 5.91 Å². The quantitative estimate of drug-likeness (QED) is 0.509. The maximum Gasteiger partial charge on any atom is 0.228 e. The zero-order chi connectivity index (χ0) is 22.2. The SMILES string of the molecule is CCc1ccc(-c2cccc(CC(=O)NC3=CC=C(c4ccccc4)CCC=C3)c2)cn1. The number of aromatic nitrogens is 1. The molecule has 0 saturated carbocycles. The van der Waals surface area contributed by atoms with E-state index in [1.54, 1.807) is 0 Å². The minimum absolute atomic E-state index is 0.0206. The first-order valence-corrected chi connectivity index (χ1v) is 11.2. The standard InChI is InChI=1S/C29H28N2O/c1-2-27-17-16-26(21-30-27)25-13-8-9-22(19-25)20-29(32)31-28-14-7-6-12-24(15-18-28)23-10-4-3-5-11-23/h3-5,7-11,13-19,21H,2,6,12,20H2,1H3,(H,31,32). The van der Waals surface area contributed by atoms with Gasteiger partial charge in [-0.05, 0) is 59.7 Å². The van der Waals surface area contributed by atoms with Crippen molar-refractivity contribution in [3.05, 3.63) is 120 Å². The van der Waals surface area contributed by atoms with Gasteiger partial charge in [0.15, 0.2) is 0 Å². The van der Waals surface area contributed by atoms with E-state index in [4.69, 9.17) is 0 Å². The van der Waals surface area contributed by atoms with Crippen LogP contribution in [-0.2, 0) is 17.6 Å². The second kappa shape index (κ2) is 10.5. The predicted octanol–water partition coefficient (Wildman–Crippen LogP) is 6.29. The Kier molecular flexibility index (Phi) is 7.08. The van der Waals surface area contributed by atoms with E-state index in [1.165, 1.54) is 11.1 Å². The van der Waals surface area contributed by atoms with Crippen LogP contribution in [0, 0.1) is 0 Å². The van der Waals surface area contributed by atoms with E-state index in [2.05, 4.69) is 77.9 Å². The summed E-state index contributed by atoms with van der Waals surface area (Å²) < 4.78 is 0. The Morgan fingerprint density at radius 1 is 0.938 bits per heavy atom. The zero-order valence-corrected chi connectivity index (χ0v) is 18.4. The lowest BCUT2D eigenvalue weighted by atomic mass is 9.99. The van der Waals surface area contributed by atoms with Crippen LogP contribution in [0.3, 0.4) is 0 Å². The first kappa shape index (κ1) is 21.5. The first-order valence-electron chi connectivity index (χ1n) is 11.2. The van der Waals surface area contributed by atoms with Crippen molar-refractivity contribution < 1.29 is 4.79 Å². The second-order valence-corrected chi connectivity index (χ2v) is 7.94. The van der Waals surface area contributed by atoms with E-state index < -0.39 is 0 Å². The Labute approximate surface area is 190 Å². The average Bonchev–Trinajstić information content (AvgIpc) is 2.82. The van der Waals surface area contributed by atoms with Gasteiger partial charge in [-0.15, -0.1) is 0 Å². The predicted molar refractivity (Wildman–Crippen MR) is 132 cm³/mol.